The second kappa shape index (κ2) is 8.60. The topological polar surface area (TPSA) is 89.3 Å². The van der Waals surface area contributed by atoms with Crippen molar-refractivity contribution in [2.24, 2.45) is 5.14 Å². The van der Waals surface area contributed by atoms with Gasteiger partial charge in [-0.1, -0.05) is 42.5 Å². The molecular formula is C21H20N2O3S2. The van der Waals surface area contributed by atoms with Gasteiger partial charge >= 0.3 is 0 Å². The van der Waals surface area contributed by atoms with Gasteiger partial charge in [-0.25, -0.2) is 13.6 Å². The lowest BCUT2D eigenvalue weighted by molar-refractivity contribution is -0.115. The molecule has 28 heavy (non-hydrogen) atoms. The highest BCUT2D eigenvalue weighted by atomic mass is 32.2. The lowest BCUT2D eigenvalue weighted by atomic mass is 10.1. The summed E-state index contributed by atoms with van der Waals surface area (Å²) >= 11 is 1.45. The minimum absolute atomic E-state index is 0.00595. The fourth-order valence-corrected chi connectivity index (χ4v) is 3.97. The van der Waals surface area contributed by atoms with E-state index in [2.05, 4.69) is 17.4 Å². The maximum atomic E-state index is 12.4. The maximum Gasteiger partial charge on any atom is 0.238 e. The summed E-state index contributed by atoms with van der Waals surface area (Å²) in [6, 6.07) is 23.9. The monoisotopic (exact) mass is 412 g/mol. The molecular weight excluding hydrogens is 392 g/mol. The molecule has 0 fully saturated rings. The molecule has 3 rings (SSSR count). The van der Waals surface area contributed by atoms with Crippen LogP contribution in [0.25, 0.3) is 11.1 Å². The Bertz CT molecular complexity index is 1050. The van der Waals surface area contributed by atoms with Crippen LogP contribution in [-0.2, 0) is 14.8 Å². The van der Waals surface area contributed by atoms with E-state index >= 15 is 0 Å². The van der Waals surface area contributed by atoms with Gasteiger partial charge in [0.25, 0.3) is 0 Å². The number of thioether (sulfide) groups is 1. The molecule has 0 saturated carbocycles. The molecule has 0 bridgehead atoms. The molecule has 0 saturated heterocycles. The SMILES string of the molecule is CC(Sc1ccc(-c2ccccc2)cc1)C(=O)Nc1ccc(S(N)(=O)=O)cc1. The third-order valence-corrected chi connectivity index (χ3v) is 6.14. The van der Waals surface area contributed by atoms with Gasteiger partial charge in [0.05, 0.1) is 10.1 Å². The van der Waals surface area contributed by atoms with Gasteiger partial charge < -0.3 is 5.32 Å². The van der Waals surface area contributed by atoms with Gasteiger partial charge in [0, 0.05) is 10.6 Å². The molecule has 0 heterocycles. The summed E-state index contributed by atoms with van der Waals surface area (Å²) in [6.07, 6.45) is 0. The van der Waals surface area contributed by atoms with E-state index < -0.39 is 10.0 Å². The van der Waals surface area contributed by atoms with E-state index in [0.717, 1.165) is 16.0 Å². The number of nitrogens with two attached hydrogens (primary N) is 1. The van der Waals surface area contributed by atoms with Gasteiger partial charge in [-0.15, -0.1) is 11.8 Å². The van der Waals surface area contributed by atoms with Crippen LogP contribution >= 0.6 is 11.8 Å². The van der Waals surface area contributed by atoms with Gasteiger partial charge in [-0.3, -0.25) is 4.79 Å². The molecule has 5 nitrogen and oxygen atoms in total. The van der Waals surface area contributed by atoms with E-state index in [4.69, 9.17) is 5.14 Å². The summed E-state index contributed by atoms with van der Waals surface area (Å²) in [5.41, 5.74) is 2.79. The number of amides is 1. The molecule has 0 aromatic heterocycles. The average molecular weight is 413 g/mol. The number of carbonyl (C=O) groups is 1. The van der Waals surface area contributed by atoms with Crippen molar-refractivity contribution in [2.75, 3.05) is 5.32 Å². The highest BCUT2D eigenvalue weighted by Gasteiger charge is 2.15. The third kappa shape index (κ3) is 5.22. The largest absolute Gasteiger partial charge is 0.325 e. The minimum atomic E-state index is -3.75. The quantitative estimate of drug-likeness (QED) is 0.596. The first-order valence-corrected chi connectivity index (χ1v) is 11.0. The second-order valence-electron chi connectivity index (χ2n) is 6.21. The van der Waals surface area contributed by atoms with Crippen molar-refractivity contribution >= 4 is 33.4 Å². The highest BCUT2D eigenvalue weighted by Crippen LogP contribution is 2.27. The standard InChI is InChI=1S/C21H20N2O3S2/c1-15(21(24)23-18-9-13-20(14-10-18)28(22,25)26)27-19-11-7-17(8-12-19)16-5-3-2-4-6-16/h2-15H,1H3,(H,23,24)(H2,22,25,26). The average Bonchev–Trinajstić information content (AvgIpc) is 2.69. The predicted molar refractivity (Wildman–Crippen MR) is 114 cm³/mol. The molecule has 0 aliphatic heterocycles. The lowest BCUT2D eigenvalue weighted by Gasteiger charge is -2.13. The predicted octanol–water partition coefficient (Wildman–Crippen LogP) is 4.12. The van der Waals surface area contributed by atoms with Crippen molar-refractivity contribution in [1.82, 2.24) is 0 Å². The number of anilines is 1. The van der Waals surface area contributed by atoms with Crippen molar-refractivity contribution in [3.63, 3.8) is 0 Å². The van der Waals surface area contributed by atoms with Crippen molar-refractivity contribution in [3.05, 3.63) is 78.9 Å². The van der Waals surface area contributed by atoms with Crippen molar-refractivity contribution in [1.29, 1.82) is 0 Å². The minimum Gasteiger partial charge on any atom is -0.325 e. The van der Waals surface area contributed by atoms with Crippen LogP contribution in [0.2, 0.25) is 0 Å². The summed E-state index contributed by atoms with van der Waals surface area (Å²) in [5, 5.41) is 7.53. The number of primary sulfonamides is 1. The number of hydrogen-bond acceptors (Lipinski definition) is 4. The fourth-order valence-electron chi connectivity index (χ4n) is 2.59. The van der Waals surface area contributed by atoms with Crippen molar-refractivity contribution in [2.45, 2.75) is 22.0 Å². The molecule has 1 atom stereocenters. The summed E-state index contributed by atoms with van der Waals surface area (Å²) < 4.78 is 22.6. The van der Waals surface area contributed by atoms with Gasteiger partial charge in [-0.2, -0.15) is 0 Å². The molecule has 3 aromatic carbocycles. The van der Waals surface area contributed by atoms with E-state index in [9.17, 15) is 13.2 Å². The third-order valence-electron chi connectivity index (χ3n) is 4.09. The summed E-state index contributed by atoms with van der Waals surface area (Å²) in [4.78, 5) is 13.4. The lowest BCUT2D eigenvalue weighted by Crippen LogP contribution is -2.22. The van der Waals surface area contributed by atoms with E-state index in [1.54, 1.807) is 0 Å². The molecule has 0 aliphatic carbocycles. The Labute approximate surface area is 169 Å². The number of carbonyl (C=O) groups excluding carboxylic acids is 1. The molecule has 3 aromatic rings. The number of benzene rings is 3. The first-order valence-electron chi connectivity index (χ1n) is 8.59. The first kappa shape index (κ1) is 20.1. The van der Waals surface area contributed by atoms with Crippen LogP contribution < -0.4 is 10.5 Å². The van der Waals surface area contributed by atoms with Gasteiger partial charge in [0.15, 0.2) is 0 Å². The Morgan fingerprint density at radius 1 is 0.893 bits per heavy atom. The Kier molecular flexibility index (Phi) is 6.18. The van der Waals surface area contributed by atoms with Crippen molar-refractivity contribution < 1.29 is 13.2 Å². The van der Waals surface area contributed by atoms with E-state index in [0.29, 0.717) is 5.69 Å². The molecule has 1 amide bonds. The number of nitrogens with one attached hydrogen (secondary N) is 1. The summed E-state index contributed by atoms with van der Waals surface area (Å²) in [6.45, 7) is 1.82. The van der Waals surface area contributed by atoms with E-state index in [1.165, 1.54) is 36.0 Å². The molecule has 0 spiro atoms. The van der Waals surface area contributed by atoms with Crippen LogP contribution in [0, 0.1) is 0 Å². The van der Waals surface area contributed by atoms with Gasteiger partial charge in [0.2, 0.25) is 15.9 Å². The zero-order valence-electron chi connectivity index (χ0n) is 15.2. The Hall–Kier alpha value is -2.61. The second-order valence-corrected chi connectivity index (χ2v) is 9.18. The zero-order valence-corrected chi connectivity index (χ0v) is 16.8. The fraction of sp³-hybridized carbons (Fsp3) is 0.0952. The first-order chi connectivity index (χ1) is 13.3. The maximum absolute atomic E-state index is 12.4. The van der Waals surface area contributed by atoms with Crippen LogP contribution in [-0.4, -0.2) is 19.6 Å². The number of sulfonamides is 1. The molecule has 3 N–H and O–H groups in total. The number of rotatable bonds is 6. The van der Waals surface area contributed by atoms with Gasteiger partial charge in [-0.05, 0) is 54.4 Å². The Morgan fingerprint density at radius 3 is 2.04 bits per heavy atom. The molecule has 0 aliphatic rings. The molecule has 7 heteroatoms. The van der Waals surface area contributed by atoms with E-state index in [1.807, 2.05) is 49.4 Å². The van der Waals surface area contributed by atoms with Crippen LogP contribution in [0.15, 0.2) is 88.7 Å². The Balaban J connectivity index is 1.61. The van der Waals surface area contributed by atoms with Crippen LogP contribution in [0.3, 0.4) is 0 Å². The van der Waals surface area contributed by atoms with Crippen LogP contribution in [0.1, 0.15) is 6.92 Å². The smallest absolute Gasteiger partial charge is 0.238 e. The molecule has 144 valence electrons. The summed E-state index contributed by atoms with van der Waals surface area (Å²) in [5.74, 6) is -0.166. The van der Waals surface area contributed by atoms with Crippen LogP contribution in [0.5, 0.6) is 0 Å². The zero-order chi connectivity index (χ0) is 20.1. The van der Waals surface area contributed by atoms with Crippen molar-refractivity contribution in [3.8, 4) is 11.1 Å². The number of hydrogen-bond donors (Lipinski definition) is 2. The molecule has 0 radical (unpaired) electrons. The Morgan fingerprint density at radius 2 is 1.46 bits per heavy atom. The van der Waals surface area contributed by atoms with Crippen LogP contribution in [0.4, 0.5) is 5.69 Å². The summed E-state index contributed by atoms with van der Waals surface area (Å²) in [7, 11) is -3.75. The van der Waals surface area contributed by atoms with E-state index in [-0.39, 0.29) is 16.1 Å². The molecule has 1 unspecified atom stereocenters. The van der Waals surface area contributed by atoms with Gasteiger partial charge in [0.1, 0.15) is 0 Å². The highest BCUT2D eigenvalue weighted by molar-refractivity contribution is 8.00. The normalized spacial score (nSPS) is 12.4.